The third kappa shape index (κ3) is 4.69. The monoisotopic (exact) mass is 476 g/mol. The molecule has 0 radical (unpaired) electrons. The molecule has 3 rings (SSSR count). The van der Waals surface area contributed by atoms with Crippen molar-refractivity contribution < 1.29 is 14.5 Å². The van der Waals surface area contributed by atoms with Crippen molar-refractivity contribution in [1.82, 2.24) is 9.88 Å². The van der Waals surface area contributed by atoms with E-state index in [1.54, 1.807) is 37.1 Å². The van der Waals surface area contributed by atoms with Gasteiger partial charge in [0.15, 0.2) is 5.13 Å². The number of amides is 1. The number of fused-ring (bicyclic) bond motifs is 1. The number of halogens is 1. The molecule has 170 valence electrons. The van der Waals surface area contributed by atoms with Gasteiger partial charge in [0.25, 0.3) is 11.6 Å². The summed E-state index contributed by atoms with van der Waals surface area (Å²) in [7, 11) is 1.55. The van der Waals surface area contributed by atoms with Gasteiger partial charge in [-0.25, -0.2) is 4.98 Å². The smallest absolute Gasteiger partial charge is 0.273 e. The molecule has 0 aliphatic heterocycles. The number of nitrogens with zero attached hydrogens (tertiary/aromatic N) is 4. The average Bonchev–Trinajstić information content (AvgIpc) is 3.22. The Hall–Kier alpha value is -2.75. The maximum atomic E-state index is 13.6. The Kier molecular flexibility index (Phi) is 7.65. The zero-order valence-corrected chi connectivity index (χ0v) is 20.0. The minimum absolute atomic E-state index is 0.0893. The first-order chi connectivity index (χ1) is 15.3. The summed E-state index contributed by atoms with van der Waals surface area (Å²) in [6, 6.07) is 8.00. The zero-order chi connectivity index (χ0) is 23.4. The van der Waals surface area contributed by atoms with Crippen LogP contribution in [-0.4, -0.2) is 54.0 Å². The van der Waals surface area contributed by atoms with E-state index in [4.69, 9.17) is 16.3 Å². The van der Waals surface area contributed by atoms with Gasteiger partial charge >= 0.3 is 0 Å². The minimum Gasteiger partial charge on any atom is -0.494 e. The third-order valence-electron chi connectivity index (χ3n) is 5.41. The highest BCUT2D eigenvalue weighted by atomic mass is 35.5. The Morgan fingerprint density at radius 3 is 2.56 bits per heavy atom. The lowest BCUT2D eigenvalue weighted by Gasteiger charge is -2.25. The molecule has 0 atom stereocenters. The van der Waals surface area contributed by atoms with E-state index in [-0.39, 0.29) is 17.2 Å². The number of likely N-dealkylation sites (N-methyl/N-ethyl adjacent to an activating group) is 1. The molecule has 3 aromatic rings. The first kappa shape index (κ1) is 23.9. The Morgan fingerprint density at radius 1 is 1.22 bits per heavy atom. The largest absolute Gasteiger partial charge is 0.494 e. The van der Waals surface area contributed by atoms with Crippen molar-refractivity contribution in [2.75, 3.05) is 38.2 Å². The summed E-state index contributed by atoms with van der Waals surface area (Å²) in [5.41, 5.74) is 1.09. The Balaban J connectivity index is 2.10. The van der Waals surface area contributed by atoms with Crippen LogP contribution < -0.4 is 9.64 Å². The van der Waals surface area contributed by atoms with E-state index in [9.17, 15) is 14.9 Å². The molecule has 0 aliphatic carbocycles. The first-order valence-electron chi connectivity index (χ1n) is 10.2. The molecule has 10 heteroatoms. The Labute approximate surface area is 195 Å². The van der Waals surface area contributed by atoms with Crippen LogP contribution in [0.3, 0.4) is 0 Å². The first-order valence-corrected chi connectivity index (χ1v) is 11.4. The molecule has 0 N–H and O–H groups in total. The molecule has 2 aromatic carbocycles. The number of nitro benzene ring substituents is 1. The summed E-state index contributed by atoms with van der Waals surface area (Å²) >= 11 is 7.68. The highest BCUT2D eigenvalue weighted by Gasteiger charge is 2.27. The van der Waals surface area contributed by atoms with Gasteiger partial charge in [-0.05, 0) is 38.2 Å². The van der Waals surface area contributed by atoms with Crippen molar-refractivity contribution in [3.8, 4) is 5.75 Å². The van der Waals surface area contributed by atoms with Crippen LogP contribution in [0.1, 0.15) is 29.8 Å². The lowest BCUT2D eigenvalue weighted by atomic mass is 10.1. The second-order valence-corrected chi connectivity index (χ2v) is 8.50. The summed E-state index contributed by atoms with van der Waals surface area (Å²) in [6.45, 7) is 8.40. The molecular formula is C22H25ClN4O4S. The number of benzene rings is 2. The molecule has 8 nitrogen and oxygen atoms in total. The van der Waals surface area contributed by atoms with E-state index in [1.807, 2.05) is 0 Å². The topological polar surface area (TPSA) is 88.8 Å². The summed E-state index contributed by atoms with van der Waals surface area (Å²) in [4.78, 5) is 33.0. The second kappa shape index (κ2) is 10.2. The van der Waals surface area contributed by atoms with Crippen molar-refractivity contribution in [2.24, 2.45) is 0 Å². The third-order valence-corrected chi connectivity index (χ3v) is 6.95. The van der Waals surface area contributed by atoms with Gasteiger partial charge in [0.1, 0.15) is 11.3 Å². The number of hydrogen-bond donors (Lipinski definition) is 0. The molecule has 32 heavy (non-hydrogen) atoms. The molecule has 0 aliphatic rings. The van der Waals surface area contributed by atoms with Crippen LogP contribution >= 0.6 is 22.9 Å². The van der Waals surface area contributed by atoms with Crippen molar-refractivity contribution in [3.63, 3.8) is 0 Å². The number of ether oxygens (including phenoxy) is 1. The van der Waals surface area contributed by atoms with Gasteiger partial charge in [-0.2, -0.15) is 0 Å². The van der Waals surface area contributed by atoms with Gasteiger partial charge in [0.2, 0.25) is 0 Å². The van der Waals surface area contributed by atoms with E-state index in [0.29, 0.717) is 40.1 Å². The molecule has 0 saturated carbocycles. The number of methoxy groups -OCH3 is 1. The molecule has 1 aromatic heterocycles. The molecule has 1 heterocycles. The minimum atomic E-state index is -0.478. The fraction of sp³-hybridized carbons (Fsp3) is 0.364. The van der Waals surface area contributed by atoms with Crippen LogP contribution in [0, 0.1) is 17.0 Å². The van der Waals surface area contributed by atoms with E-state index in [2.05, 4.69) is 23.7 Å². The maximum Gasteiger partial charge on any atom is 0.273 e. The van der Waals surface area contributed by atoms with Gasteiger partial charge in [-0.15, -0.1) is 0 Å². The number of carbonyl (C=O) groups excluding carboxylic acids is 1. The van der Waals surface area contributed by atoms with E-state index in [0.717, 1.165) is 17.8 Å². The SMILES string of the molecule is CCN(CC)CCN(C(=O)c1cccc([N+](=O)[O-])c1C)c1nc2c(OC)ccc(Cl)c2s1. The van der Waals surface area contributed by atoms with Gasteiger partial charge in [0, 0.05) is 30.3 Å². The van der Waals surface area contributed by atoms with Gasteiger partial charge in [0.05, 0.1) is 21.8 Å². The molecule has 0 bridgehead atoms. The van der Waals surface area contributed by atoms with Crippen LogP contribution in [-0.2, 0) is 0 Å². The fourth-order valence-corrected chi connectivity index (χ4v) is 4.77. The number of rotatable bonds is 9. The molecule has 1 amide bonds. The quantitative estimate of drug-likeness (QED) is 0.313. The van der Waals surface area contributed by atoms with Crippen LogP contribution in [0.4, 0.5) is 10.8 Å². The number of hydrogen-bond acceptors (Lipinski definition) is 7. The lowest BCUT2D eigenvalue weighted by Crippen LogP contribution is -2.39. The van der Waals surface area contributed by atoms with Crippen LogP contribution in [0.25, 0.3) is 10.2 Å². The summed E-state index contributed by atoms with van der Waals surface area (Å²) < 4.78 is 6.13. The lowest BCUT2D eigenvalue weighted by molar-refractivity contribution is -0.385. The highest BCUT2D eigenvalue weighted by Crippen LogP contribution is 2.39. The van der Waals surface area contributed by atoms with E-state index in [1.165, 1.54) is 23.5 Å². The van der Waals surface area contributed by atoms with Crippen LogP contribution in [0.5, 0.6) is 5.75 Å². The number of nitro groups is 1. The molecular weight excluding hydrogens is 452 g/mol. The van der Waals surface area contributed by atoms with Crippen molar-refractivity contribution in [2.45, 2.75) is 20.8 Å². The standard InChI is InChI=1S/C22H25ClN4O4S/c1-5-25(6-2)12-13-26(21(28)15-8-7-9-17(14(15)3)27(29)30)22-24-19-18(31-4)11-10-16(23)20(19)32-22/h7-11H,5-6,12-13H2,1-4H3. The Morgan fingerprint density at radius 2 is 1.94 bits per heavy atom. The maximum absolute atomic E-state index is 13.6. The van der Waals surface area contributed by atoms with Crippen LogP contribution in [0.15, 0.2) is 30.3 Å². The van der Waals surface area contributed by atoms with Crippen molar-refractivity contribution in [3.05, 3.63) is 56.6 Å². The number of carbonyl (C=O) groups is 1. The normalized spacial score (nSPS) is 11.2. The Bertz CT molecular complexity index is 1150. The molecule has 0 spiro atoms. The number of thiazole rings is 1. The predicted octanol–water partition coefficient (Wildman–Crippen LogP) is 5.16. The summed E-state index contributed by atoms with van der Waals surface area (Å²) in [6.07, 6.45) is 0. The van der Waals surface area contributed by atoms with Crippen molar-refractivity contribution >= 4 is 49.9 Å². The molecule has 0 fully saturated rings. The number of aromatic nitrogens is 1. The highest BCUT2D eigenvalue weighted by molar-refractivity contribution is 7.23. The summed E-state index contributed by atoms with van der Waals surface area (Å²) in [5, 5.41) is 12.4. The van der Waals surface area contributed by atoms with E-state index < -0.39 is 4.92 Å². The van der Waals surface area contributed by atoms with Crippen LogP contribution in [0.2, 0.25) is 5.02 Å². The number of anilines is 1. The molecule has 0 unspecified atom stereocenters. The fourth-order valence-electron chi connectivity index (χ4n) is 3.49. The second-order valence-electron chi connectivity index (χ2n) is 7.11. The summed E-state index contributed by atoms with van der Waals surface area (Å²) in [5.74, 6) is 0.224. The van der Waals surface area contributed by atoms with Gasteiger partial charge in [-0.1, -0.05) is 42.9 Å². The molecule has 0 saturated heterocycles. The van der Waals surface area contributed by atoms with Crippen molar-refractivity contribution in [1.29, 1.82) is 0 Å². The van der Waals surface area contributed by atoms with E-state index >= 15 is 0 Å². The zero-order valence-electron chi connectivity index (χ0n) is 18.4. The predicted molar refractivity (Wildman–Crippen MR) is 128 cm³/mol. The average molecular weight is 477 g/mol. The van der Waals surface area contributed by atoms with Gasteiger partial charge < -0.3 is 9.64 Å². The van der Waals surface area contributed by atoms with Gasteiger partial charge in [-0.3, -0.25) is 19.8 Å².